The highest BCUT2D eigenvalue weighted by Crippen LogP contribution is 2.21. The van der Waals surface area contributed by atoms with Gasteiger partial charge in [0.2, 0.25) is 5.91 Å². The molecule has 25 heavy (non-hydrogen) atoms. The van der Waals surface area contributed by atoms with Gasteiger partial charge in [0.25, 0.3) is 0 Å². The van der Waals surface area contributed by atoms with Gasteiger partial charge in [0.15, 0.2) is 0 Å². The molecule has 0 spiro atoms. The molecule has 132 valence electrons. The van der Waals surface area contributed by atoms with E-state index in [-0.39, 0.29) is 18.0 Å². The van der Waals surface area contributed by atoms with Crippen molar-refractivity contribution in [2.24, 2.45) is 0 Å². The number of anilines is 2. The van der Waals surface area contributed by atoms with Crippen molar-refractivity contribution >= 4 is 39.1 Å². The first-order valence-electron chi connectivity index (χ1n) is 7.26. The van der Waals surface area contributed by atoms with Crippen LogP contribution in [0, 0.1) is 0 Å². The van der Waals surface area contributed by atoms with Gasteiger partial charge < -0.3 is 10.6 Å². The zero-order valence-corrected chi connectivity index (χ0v) is 14.4. The Kier molecular flexibility index (Phi) is 6.19. The molecule has 0 atom stereocenters. The van der Waals surface area contributed by atoms with Crippen LogP contribution in [-0.2, 0) is 16.0 Å². The van der Waals surface area contributed by atoms with Crippen molar-refractivity contribution in [3.05, 3.63) is 58.6 Å². The van der Waals surface area contributed by atoms with E-state index in [1.165, 1.54) is 24.3 Å². The van der Waals surface area contributed by atoms with Crippen molar-refractivity contribution in [1.82, 2.24) is 0 Å². The quantitative estimate of drug-likeness (QED) is 0.755. The molecule has 2 rings (SSSR count). The molecule has 0 aromatic heterocycles. The third kappa shape index (κ3) is 6.22. The molecule has 2 amide bonds. The van der Waals surface area contributed by atoms with E-state index in [9.17, 15) is 22.8 Å². The number of benzene rings is 2. The first kappa shape index (κ1) is 19.0. The van der Waals surface area contributed by atoms with Gasteiger partial charge in [0.05, 0.1) is 0 Å². The first-order chi connectivity index (χ1) is 11.7. The zero-order chi connectivity index (χ0) is 18.4. The molecule has 0 aliphatic carbocycles. The summed E-state index contributed by atoms with van der Waals surface area (Å²) < 4.78 is 37.7. The fraction of sp³-hybridized carbons (Fsp3) is 0.176. The number of hydrogen-bond acceptors (Lipinski definition) is 2. The van der Waals surface area contributed by atoms with Gasteiger partial charge in [0.1, 0.15) is 0 Å². The third-order valence-electron chi connectivity index (χ3n) is 3.19. The predicted molar refractivity (Wildman–Crippen MR) is 92.2 cm³/mol. The molecule has 2 aromatic carbocycles. The standard InChI is InChI=1S/C17H14BrF3N2O2/c18-12-4-1-3-11(9-12)7-8-15(24)22-13-5-2-6-14(10-13)23-16(25)17(19,20)21/h1-6,9-10H,7-8H2,(H,22,24)(H,23,25). The Morgan fingerprint density at radius 2 is 1.60 bits per heavy atom. The van der Waals surface area contributed by atoms with Crippen LogP contribution >= 0.6 is 15.9 Å². The summed E-state index contributed by atoms with van der Waals surface area (Å²) in [6.07, 6.45) is -4.23. The molecular weight excluding hydrogens is 401 g/mol. The van der Waals surface area contributed by atoms with Gasteiger partial charge in [-0.15, -0.1) is 0 Å². The van der Waals surface area contributed by atoms with E-state index in [0.29, 0.717) is 12.1 Å². The van der Waals surface area contributed by atoms with Gasteiger partial charge in [0, 0.05) is 22.3 Å². The molecule has 8 heteroatoms. The second kappa shape index (κ2) is 8.15. The van der Waals surface area contributed by atoms with Gasteiger partial charge in [-0.2, -0.15) is 13.2 Å². The number of halogens is 4. The molecule has 4 nitrogen and oxygen atoms in total. The Bertz CT molecular complexity index is 778. The average Bonchev–Trinajstić information content (AvgIpc) is 2.52. The number of hydrogen-bond donors (Lipinski definition) is 2. The molecule has 0 unspecified atom stereocenters. The summed E-state index contributed by atoms with van der Waals surface area (Å²) >= 11 is 3.35. The van der Waals surface area contributed by atoms with Gasteiger partial charge in [-0.1, -0.05) is 34.1 Å². The fourth-order valence-electron chi connectivity index (χ4n) is 2.05. The van der Waals surface area contributed by atoms with Gasteiger partial charge in [-0.05, 0) is 42.3 Å². The highest BCUT2D eigenvalue weighted by Gasteiger charge is 2.38. The Morgan fingerprint density at radius 3 is 2.24 bits per heavy atom. The van der Waals surface area contributed by atoms with Crippen LogP contribution < -0.4 is 10.6 Å². The van der Waals surface area contributed by atoms with E-state index in [2.05, 4.69) is 21.2 Å². The smallest absolute Gasteiger partial charge is 0.326 e. The van der Waals surface area contributed by atoms with E-state index in [1.54, 1.807) is 5.32 Å². The Morgan fingerprint density at radius 1 is 0.960 bits per heavy atom. The maximum absolute atomic E-state index is 12.3. The first-order valence-corrected chi connectivity index (χ1v) is 8.06. The van der Waals surface area contributed by atoms with E-state index < -0.39 is 12.1 Å². The normalized spacial score (nSPS) is 11.0. The van der Waals surface area contributed by atoms with Gasteiger partial charge in [-0.3, -0.25) is 9.59 Å². The number of nitrogens with one attached hydrogen (secondary N) is 2. The van der Waals surface area contributed by atoms with E-state index in [0.717, 1.165) is 10.0 Å². The van der Waals surface area contributed by atoms with E-state index in [4.69, 9.17) is 0 Å². The Labute approximate surface area is 150 Å². The molecule has 2 aromatic rings. The highest BCUT2D eigenvalue weighted by molar-refractivity contribution is 9.10. The van der Waals surface area contributed by atoms with Crippen molar-refractivity contribution in [2.75, 3.05) is 10.6 Å². The second-order valence-electron chi connectivity index (χ2n) is 5.21. The summed E-state index contributed by atoms with van der Waals surface area (Å²) in [6, 6.07) is 13.1. The number of aryl methyl sites for hydroxylation is 1. The van der Waals surface area contributed by atoms with Crippen LogP contribution in [0.5, 0.6) is 0 Å². The van der Waals surface area contributed by atoms with Crippen LogP contribution in [0.4, 0.5) is 24.5 Å². The van der Waals surface area contributed by atoms with Crippen molar-refractivity contribution in [2.45, 2.75) is 19.0 Å². The third-order valence-corrected chi connectivity index (χ3v) is 3.68. The number of amides is 2. The van der Waals surface area contributed by atoms with Gasteiger partial charge >= 0.3 is 12.1 Å². The lowest BCUT2D eigenvalue weighted by molar-refractivity contribution is -0.167. The topological polar surface area (TPSA) is 58.2 Å². The zero-order valence-electron chi connectivity index (χ0n) is 12.9. The Hall–Kier alpha value is -2.35. The number of rotatable bonds is 5. The lowest BCUT2D eigenvalue weighted by Crippen LogP contribution is -2.29. The molecule has 0 heterocycles. The van der Waals surface area contributed by atoms with Gasteiger partial charge in [-0.25, -0.2) is 0 Å². The number of alkyl halides is 3. The molecule has 0 fully saturated rings. The highest BCUT2D eigenvalue weighted by atomic mass is 79.9. The van der Waals surface area contributed by atoms with Crippen molar-refractivity contribution in [3.8, 4) is 0 Å². The minimum absolute atomic E-state index is 0.0490. The molecule has 0 bridgehead atoms. The maximum atomic E-state index is 12.3. The van der Waals surface area contributed by atoms with Crippen LogP contribution in [0.1, 0.15) is 12.0 Å². The molecule has 0 radical (unpaired) electrons. The largest absolute Gasteiger partial charge is 0.471 e. The summed E-state index contributed by atoms with van der Waals surface area (Å²) in [5, 5.41) is 4.34. The molecule has 2 N–H and O–H groups in total. The fourth-order valence-corrected chi connectivity index (χ4v) is 2.50. The van der Waals surface area contributed by atoms with Crippen LogP contribution in [0.3, 0.4) is 0 Å². The van der Waals surface area contributed by atoms with Crippen LogP contribution in [0.2, 0.25) is 0 Å². The lowest BCUT2D eigenvalue weighted by Gasteiger charge is -2.10. The monoisotopic (exact) mass is 414 g/mol. The van der Waals surface area contributed by atoms with E-state index in [1.807, 2.05) is 24.3 Å². The van der Waals surface area contributed by atoms with E-state index >= 15 is 0 Å². The second-order valence-corrected chi connectivity index (χ2v) is 6.13. The summed E-state index contributed by atoms with van der Waals surface area (Å²) in [7, 11) is 0. The maximum Gasteiger partial charge on any atom is 0.471 e. The molecular formula is C17H14BrF3N2O2. The molecule has 0 saturated carbocycles. The van der Waals surface area contributed by atoms with Crippen molar-refractivity contribution < 1.29 is 22.8 Å². The summed E-state index contributed by atoms with van der Waals surface area (Å²) in [5.74, 6) is -2.34. The molecule has 0 aliphatic heterocycles. The van der Waals surface area contributed by atoms with Crippen LogP contribution in [-0.4, -0.2) is 18.0 Å². The van der Waals surface area contributed by atoms with Crippen molar-refractivity contribution in [1.29, 1.82) is 0 Å². The number of carbonyl (C=O) groups excluding carboxylic acids is 2. The van der Waals surface area contributed by atoms with Crippen LogP contribution in [0.15, 0.2) is 53.0 Å². The summed E-state index contributed by atoms with van der Waals surface area (Å²) in [6.45, 7) is 0. The molecule has 0 aliphatic rings. The lowest BCUT2D eigenvalue weighted by atomic mass is 10.1. The average molecular weight is 415 g/mol. The summed E-state index contributed by atoms with van der Waals surface area (Å²) in [4.78, 5) is 22.9. The molecule has 0 saturated heterocycles. The van der Waals surface area contributed by atoms with Crippen LogP contribution in [0.25, 0.3) is 0 Å². The predicted octanol–water partition coefficient (Wildman–Crippen LogP) is 4.52. The summed E-state index contributed by atoms with van der Waals surface area (Å²) in [5.41, 5.74) is 1.24. The number of carbonyl (C=O) groups is 2. The Balaban J connectivity index is 1.92. The minimum Gasteiger partial charge on any atom is -0.326 e. The minimum atomic E-state index is -4.97. The van der Waals surface area contributed by atoms with Crippen molar-refractivity contribution in [3.63, 3.8) is 0 Å². The SMILES string of the molecule is O=C(CCc1cccc(Br)c1)Nc1cccc(NC(=O)C(F)(F)F)c1.